The normalized spacial score (nSPS) is 11.8. The number of esters is 1. The zero-order chi connectivity index (χ0) is 19.3. The van der Waals surface area contributed by atoms with Crippen molar-refractivity contribution in [2.24, 2.45) is 5.73 Å². The van der Waals surface area contributed by atoms with Crippen LogP contribution in [-0.4, -0.2) is 30.9 Å². The fourth-order valence-corrected chi connectivity index (χ4v) is 3.48. The molecule has 0 bridgehead atoms. The van der Waals surface area contributed by atoms with Gasteiger partial charge in [0, 0.05) is 0 Å². The predicted octanol–water partition coefficient (Wildman–Crippen LogP) is 1.19. The number of hydrogen-bond acceptors (Lipinski definition) is 6. The van der Waals surface area contributed by atoms with Crippen molar-refractivity contribution in [3.8, 4) is 0 Å². The molecule has 0 aliphatic heterocycles. The highest BCUT2D eigenvalue weighted by Crippen LogP contribution is 2.33. The van der Waals surface area contributed by atoms with Gasteiger partial charge in [-0.25, -0.2) is 4.79 Å². The fourth-order valence-electron chi connectivity index (χ4n) is 2.41. The van der Waals surface area contributed by atoms with E-state index in [4.69, 9.17) is 14.9 Å². The SMILES string of the molecule is CCOC(=O)c1c(NC(=O)C[NH2+][C@@H](C)c2ccco2)sc(C(N)=O)c1C. The topological polar surface area (TPSA) is 128 Å². The number of nitrogens with two attached hydrogens (primary N) is 2. The van der Waals surface area contributed by atoms with E-state index in [0.717, 1.165) is 17.1 Å². The van der Waals surface area contributed by atoms with Crippen molar-refractivity contribution < 1.29 is 28.9 Å². The maximum Gasteiger partial charge on any atom is 0.341 e. The second-order valence-corrected chi connectivity index (χ2v) is 6.66. The lowest BCUT2D eigenvalue weighted by Crippen LogP contribution is -2.86. The van der Waals surface area contributed by atoms with Crippen molar-refractivity contribution in [2.75, 3.05) is 18.5 Å². The van der Waals surface area contributed by atoms with E-state index >= 15 is 0 Å². The number of quaternary nitrogens is 1. The van der Waals surface area contributed by atoms with Crippen molar-refractivity contribution in [2.45, 2.75) is 26.8 Å². The Kier molecular flexibility index (Phi) is 6.53. The van der Waals surface area contributed by atoms with Crippen LogP contribution in [0.25, 0.3) is 0 Å². The minimum absolute atomic E-state index is 0.0356. The third kappa shape index (κ3) is 4.50. The molecule has 2 aromatic heterocycles. The molecule has 2 heterocycles. The Morgan fingerprint density at radius 2 is 2.15 bits per heavy atom. The Morgan fingerprint density at radius 3 is 2.73 bits per heavy atom. The van der Waals surface area contributed by atoms with Gasteiger partial charge in [0.15, 0.2) is 12.3 Å². The van der Waals surface area contributed by atoms with E-state index < -0.39 is 11.9 Å². The van der Waals surface area contributed by atoms with E-state index in [1.807, 2.05) is 13.0 Å². The molecule has 2 amide bonds. The van der Waals surface area contributed by atoms with Gasteiger partial charge in [-0.2, -0.15) is 0 Å². The second kappa shape index (κ2) is 8.63. The van der Waals surface area contributed by atoms with E-state index in [1.54, 1.807) is 31.5 Å². The molecule has 140 valence electrons. The van der Waals surface area contributed by atoms with Gasteiger partial charge in [0.1, 0.15) is 11.0 Å². The van der Waals surface area contributed by atoms with Gasteiger partial charge in [0.2, 0.25) is 0 Å². The van der Waals surface area contributed by atoms with Crippen LogP contribution < -0.4 is 16.4 Å². The van der Waals surface area contributed by atoms with E-state index in [-0.39, 0.29) is 40.5 Å². The van der Waals surface area contributed by atoms with Gasteiger partial charge >= 0.3 is 5.97 Å². The van der Waals surface area contributed by atoms with Gasteiger partial charge in [-0.3, -0.25) is 9.59 Å². The molecule has 2 rings (SSSR count). The zero-order valence-electron chi connectivity index (χ0n) is 14.8. The number of thiophene rings is 1. The highest BCUT2D eigenvalue weighted by atomic mass is 32.1. The number of carbonyl (C=O) groups excluding carboxylic acids is 3. The fraction of sp³-hybridized carbons (Fsp3) is 0.353. The molecular weight excluding hydrogens is 358 g/mol. The molecule has 0 fully saturated rings. The standard InChI is InChI=1S/C17H21N3O5S/c1-4-24-17(23)13-9(2)14(15(18)22)26-16(13)20-12(21)8-19-10(3)11-6-5-7-25-11/h5-7,10,19H,4,8H2,1-3H3,(H2,18,22)(H,20,21)/p+1/t10-/m0/s1. The molecular formula is C17H22N3O5S+. The highest BCUT2D eigenvalue weighted by molar-refractivity contribution is 7.18. The van der Waals surface area contributed by atoms with Crippen LogP contribution in [0.1, 0.15) is 51.2 Å². The van der Waals surface area contributed by atoms with Crippen LogP contribution in [0.15, 0.2) is 22.8 Å². The molecule has 0 radical (unpaired) electrons. The van der Waals surface area contributed by atoms with Crippen molar-refractivity contribution >= 4 is 34.1 Å². The summed E-state index contributed by atoms with van der Waals surface area (Å²) in [6.07, 6.45) is 1.57. The number of carbonyl (C=O) groups is 3. The molecule has 26 heavy (non-hydrogen) atoms. The van der Waals surface area contributed by atoms with Gasteiger partial charge in [0.25, 0.3) is 11.8 Å². The van der Waals surface area contributed by atoms with Crippen molar-refractivity contribution in [1.82, 2.24) is 0 Å². The van der Waals surface area contributed by atoms with Crippen LogP contribution in [0, 0.1) is 6.92 Å². The molecule has 0 saturated heterocycles. The van der Waals surface area contributed by atoms with Crippen LogP contribution in [0.2, 0.25) is 0 Å². The van der Waals surface area contributed by atoms with Gasteiger partial charge < -0.3 is 25.5 Å². The quantitative estimate of drug-likeness (QED) is 0.593. The first kappa shape index (κ1) is 19.7. The first-order chi connectivity index (χ1) is 12.3. The van der Waals surface area contributed by atoms with Gasteiger partial charge in [-0.15, -0.1) is 11.3 Å². The molecule has 0 spiro atoms. The summed E-state index contributed by atoms with van der Waals surface area (Å²) in [7, 11) is 0. The molecule has 9 heteroatoms. The molecule has 0 unspecified atom stereocenters. The summed E-state index contributed by atoms with van der Waals surface area (Å²) in [5.41, 5.74) is 5.92. The van der Waals surface area contributed by atoms with Crippen molar-refractivity contribution in [3.05, 3.63) is 40.2 Å². The number of ether oxygens (including phenoxy) is 1. The summed E-state index contributed by atoms with van der Waals surface area (Å²) in [5, 5.41) is 4.74. The number of amides is 2. The smallest absolute Gasteiger partial charge is 0.341 e. The average Bonchev–Trinajstić information content (AvgIpc) is 3.21. The molecule has 0 aliphatic carbocycles. The van der Waals surface area contributed by atoms with Crippen molar-refractivity contribution in [3.63, 3.8) is 0 Å². The highest BCUT2D eigenvalue weighted by Gasteiger charge is 2.26. The summed E-state index contributed by atoms with van der Waals surface area (Å²) >= 11 is 0.969. The molecule has 8 nitrogen and oxygen atoms in total. The first-order valence-corrected chi connectivity index (χ1v) is 8.93. The van der Waals surface area contributed by atoms with E-state index in [2.05, 4.69) is 5.32 Å². The van der Waals surface area contributed by atoms with Crippen LogP contribution in [0.5, 0.6) is 0 Å². The largest absolute Gasteiger partial charge is 0.463 e. The maximum absolute atomic E-state index is 12.3. The Balaban J connectivity index is 2.11. The maximum atomic E-state index is 12.3. The number of anilines is 1. The second-order valence-electron chi connectivity index (χ2n) is 5.64. The van der Waals surface area contributed by atoms with E-state index in [1.165, 1.54) is 0 Å². The van der Waals surface area contributed by atoms with Crippen LogP contribution in [-0.2, 0) is 9.53 Å². The molecule has 2 aromatic rings. The Labute approximate surface area is 154 Å². The molecule has 1 atom stereocenters. The van der Waals surface area contributed by atoms with Crippen LogP contribution >= 0.6 is 11.3 Å². The minimum atomic E-state index is -0.656. The Hall–Kier alpha value is -2.65. The first-order valence-electron chi connectivity index (χ1n) is 8.12. The number of primary amides is 1. The lowest BCUT2D eigenvalue weighted by atomic mass is 10.1. The summed E-state index contributed by atoms with van der Waals surface area (Å²) < 4.78 is 10.3. The molecule has 0 aromatic carbocycles. The Morgan fingerprint density at radius 1 is 1.42 bits per heavy atom. The number of rotatable bonds is 8. The van der Waals surface area contributed by atoms with E-state index in [9.17, 15) is 14.4 Å². The third-order valence-electron chi connectivity index (χ3n) is 3.75. The Bertz CT molecular complexity index is 798. The minimum Gasteiger partial charge on any atom is -0.463 e. The zero-order valence-corrected chi connectivity index (χ0v) is 15.6. The summed E-state index contributed by atoms with van der Waals surface area (Å²) in [6.45, 7) is 5.49. The lowest BCUT2D eigenvalue weighted by molar-refractivity contribution is -0.684. The average molecular weight is 380 g/mol. The van der Waals surface area contributed by atoms with Crippen LogP contribution in [0.4, 0.5) is 5.00 Å². The lowest BCUT2D eigenvalue weighted by Gasteiger charge is -2.09. The molecule has 0 saturated carbocycles. The van der Waals surface area contributed by atoms with Crippen LogP contribution in [0.3, 0.4) is 0 Å². The summed E-state index contributed by atoms with van der Waals surface area (Å²) in [6, 6.07) is 3.58. The van der Waals surface area contributed by atoms with Gasteiger partial charge in [0.05, 0.1) is 23.3 Å². The predicted molar refractivity (Wildman–Crippen MR) is 96.1 cm³/mol. The molecule has 0 aliphatic rings. The van der Waals surface area contributed by atoms with Gasteiger partial charge in [-0.1, -0.05) is 0 Å². The van der Waals surface area contributed by atoms with Crippen molar-refractivity contribution in [1.29, 1.82) is 0 Å². The third-order valence-corrected chi connectivity index (χ3v) is 4.97. The number of hydrogen-bond donors (Lipinski definition) is 3. The molecule has 5 N–H and O–H groups in total. The number of nitrogens with one attached hydrogen (secondary N) is 1. The summed E-state index contributed by atoms with van der Waals surface area (Å²) in [5.74, 6) is -0.812. The van der Waals surface area contributed by atoms with Gasteiger partial charge in [-0.05, 0) is 38.5 Å². The summed E-state index contributed by atoms with van der Waals surface area (Å²) in [4.78, 5) is 36.2. The number of furan rings is 1. The monoisotopic (exact) mass is 380 g/mol. The van der Waals surface area contributed by atoms with E-state index in [0.29, 0.717) is 5.56 Å².